The Morgan fingerprint density at radius 1 is 1.25 bits per heavy atom. The number of nitrogens with one attached hydrogen (secondary N) is 1. The van der Waals surface area contributed by atoms with Crippen molar-refractivity contribution in [2.24, 2.45) is 5.92 Å². The molecule has 0 atom stereocenters. The maximum Gasteiger partial charge on any atom is 0.318 e. The van der Waals surface area contributed by atoms with Gasteiger partial charge in [-0.05, 0) is 31.6 Å². The van der Waals surface area contributed by atoms with Gasteiger partial charge in [0, 0.05) is 19.1 Å². The second kappa shape index (κ2) is 7.07. The Morgan fingerprint density at radius 2 is 1.95 bits per heavy atom. The highest BCUT2D eigenvalue weighted by atomic mass is 16.4. The van der Waals surface area contributed by atoms with Crippen molar-refractivity contribution in [3.8, 4) is 0 Å². The second-order valence-electron chi connectivity index (χ2n) is 6.21. The summed E-state index contributed by atoms with van der Waals surface area (Å²) < 4.78 is 5.74. The van der Waals surface area contributed by atoms with Gasteiger partial charge in [-0.15, -0.1) is 5.10 Å². The fraction of sp³-hybridized carbons (Fsp3) is 0.867. The molecule has 2 rings (SSSR count). The highest BCUT2D eigenvalue weighted by Gasteiger charge is 2.25. The molecule has 0 amide bonds. The molecule has 0 spiro atoms. The van der Waals surface area contributed by atoms with Crippen LogP contribution in [0.4, 0.5) is 6.01 Å². The predicted octanol–water partition coefficient (Wildman–Crippen LogP) is 2.97. The Hall–Kier alpha value is -1.10. The van der Waals surface area contributed by atoms with Crippen LogP contribution in [0.5, 0.6) is 0 Å². The summed E-state index contributed by atoms with van der Waals surface area (Å²) in [5.74, 6) is 1.58. The van der Waals surface area contributed by atoms with Crippen molar-refractivity contribution in [3.63, 3.8) is 0 Å². The largest absolute Gasteiger partial charge is 0.407 e. The highest BCUT2D eigenvalue weighted by Crippen LogP contribution is 2.30. The first-order valence-corrected chi connectivity index (χ1v) is 7.88. The normalized spacial score (nSPS) is 23.2. The minimum atomic E-state index is 0.424. The molecule has 1 aliphatic carbocycles. The molecule has 5 nitrogen and oxygen atoms in total. The van der Waals surface area contributed by atoms with Gasteiger partial charge in [0.15, 0.2) is 0 Å². The van der Waals surface area contributed by atoms with E-state index in [2.05, 4.69) is 48.2 Å². The predicted molar refractivity (Wildman–Crippen MR) is 80.7 cm³/mol. The molecular formula is C15H28N4O. The number of rotatable bonds is 6. The summed E-state index contributed by atoms with van der Waals surface area (Å²) in [5, 5.41) is 11.6. The van der Waals surface area contributed by atoms with E-state index in [1.54, 1.807) is 0 Å². The molecule has 1 saturated carbocycles. The van der Waals surface area contributed by atoms with Crippen LogP contribution >= 0.6 is 0 Å². The summed E-state index contributed by atoms with van der Waals surface area (Å²) in [7, 11) is 2.07. The molecular weight excluding hydrogens is 252 g/mol. The Kier molecular flexibility index (Phi) is 5.40. The fourth-order valence-electron chi connectivity index (χ4n) is 2.85. The Bertz CT molecular complexity index is 396. The van der Waals surface area contributed by atoms with Crippen LogP contribution in [0, 0.1) is 5.92 Å². The van der Waals surface area contributed by atoms with Crippen molar-refractivity contribution in [2.45, 2.75) is 71.5 Å². The van der Waals surface area contributed by atoms with E-state index >= 15 is 0 Å². The smallest absolute Gasteiger partial charge is 0.318 e. The molecule has 0 aliphatic heterocycles. The first kappa shape index (κ1) is 15.3. The molecule has 20 heavy (non-hydrogen) atoms. The lowest BCUT2D eigenvalue weighted by Crippen LogP contribution is -2.35. The lowest BCUT2D eigenvalue weighted by Gasteiger charge is -2.33. The molecule has 0 unspecified atom stereocenters. The van der Waals surface area contributed by atoms with E-state index in [0.717, 1.165) is 5.92 Å². The van der Waals surface area contributed by atoms with Gasteiger partial charge in [-0.2, -0.15) is 0 Å². The van der Waals surface area contributed by atoms with Crippen molar-refractivity contribution in [2.75, 3.05) is 11.9 Å². The van der Waals surface area contributed by atoms with Gasteiger partial charge >= 0.3 is 6.01 Å². The van der Waals surface area contributed by atoms with Crippen molar-refractivity contribution in [3.05, 3.63) is 5.89 Å². The van der Waals surface area contributed by atoms with Crippen LogP contribution in [0.15, 0.2) is 4.42 Å². The maximum atomic E-state index is 5.74. The number of hydrogen-bond acceptors (Lipinski definition) is 5. The first-order valence-electron chi connectivity index (χ1n) is 7.88. The zero-order valence-corrected chi connectivity index (χ0v) is 13.2. The van der Waals surface area contributed by atoms with Crippen LogP contribution in [-0.2, 0) is 6.54 Å². The first-order chi connectivity index (χ1) is 9.60. The third kappa shape index (κ3) is 3.95. The lowest BCUT2D eigenvalue weighted by molar-refractivity contribution is 0.305. The van der Waals surface area contributed by atoms with Crippen LogP contribution in [0.3, 0.4) is 0 Å². The maximum absolute atomic E-state index is 5.74. The van der Waals surface area contributed by atoms with Gasteiger partial charge in [-0.3, -0.25) is 0 Å². The molecule has 1 aliphatic rings. The van der Waals surface area contributed by atoms with Gasteiger partial charge in [-0.1, -0.05) is 32.3 Å². The SMILES string of the molecule is CCC1CCC(N(C)c2nnc(CNC(C)C)o2)CC1. The number of hydrogen-bond donors (Lipinski definition) is 1. The van der Waals surface area contributed by atoms with Crippen molar-refractivity contribution >= 4 is 6.01 Å². The van der Waals surface area contributed by atoms with Gasteiger partial charge in [0.2, 0.25) is 5.89 Å². The van der Waals surface area contributed by atoms with Gasteiger partial charge in [0.1, 0.15) is 0 Å². The molecule has 1 aromatic rings. The van der Waals surface area contributed by atoms with Crippen LogP contribution in [0.25, 0.3) is 0 Å². The number of aromatic nitrogens is 2. The average Bonchev–Trinajstić information content (AvgIpc) is 2.93. The molecule has 114 valence electrons. The van der Waals surface area contributed by atoms with Crippen molar-refractivity contribution in [1.29, 1.82) is 0 Å². The standard InChI is InChI=1S/C15H28N4O/c1-5-12-6-8-13(9-7-12)19(4)15-18-17-14(20-15)10-16-11(2)3/h11-13,16H,5-10H2,1-4H3. The molecule has 0 radical (unpaired) electrons. The van der Waals surface area contributed by atoms with E-state index in [1.165, 1.54) is 32.1 Å². The van der Waals surface area contributed by atoms with Crippen molar-refractivity contribution < 1.29 is 4.42 Å². The van der Waals surface area contributed by atoms with Crippen LogP contribution in [0.2, 0.25) is 0 Å². The van der Waals surface area contributed by atoms with Gasteiger partial charge in [0.25, 0.3) is 0 Å². The molecule has 1 N–H and O–H groups in total. The zero-order valence-electron chi connectivity index (χ0n) is 13.2. The van der Waals surface area contributed by atoms with E-state index in [0.29, 0.717) is 30.5 Å². The minimum Gasteiger partial charge on any atom is -0.407 e. The highest BCUT2D eigenvalue weighted by molar-refractivity contribution is 5.24. The summed E-state index contributed by atoms with van der Waals surface area (Å²) >= 11 is 0. The molecule has 0 saturated heterocycles. The quantitative estimate of drug-likeness (QED) is 0.868. The van der Waals surface area contributed by atoms with Crippen LogP contribution in [-0.4, -0.2) is 29.3 Å². The monoisotopic (exact) mass is 280 g/mol. The molecule has 1 aromatic heterocycles. The number of anilines is 1. The van der Waals surface area contributed by atoms with Gasteiger partial charge in [0.05, 0.1) is 6.54 Å². The average molecular weight is 280 g/mol. The third-order valence-corrected chi connectivity index (χ3v) is 4.36. The van der Waals surface area contributed by atoms with Crippen molar-refractivity contribution in [1.82, 2.24) is 15.5 Å². The van der Waals surface area contributed by atoms with E-state index in [9.17, 15) is 0 Å². The Morgan fingerprint density at radius 3 is 2.55 bits per heavy atom. The molecule has 5 heteroatoms. The van der Waals surface area contributed by atoms with E-state index in [-0.39, 0.29) is 0 Å². The molecule has 1 fully saturated rings. The molecule has 0 bridgehead atoms. The second-order valence-corrected chi connectivity index (χ2v) is 6.21. The zero-order chi connectivity index (χ0) is 14.5. The summed E-state index contributed by atoms with van der Waals surface area (Å²) in [6.07, 6.45) is 6.42. The number of nitrogens with zero attached hydrogens (tertiary/aromatic N) is 3. The summed E-state index contributed by atoms with van der Waals surface area (Å²) in [6.45, 7) is 7.15. The molecule has 1 heterocycles. The summed E-state index contributed by atoms with van der Waals surface area (Å²) in [6, 6.07) is 1.63. The van der Waals surface area contributed by atoms with E-state index < -0.39 is 0 Å². The third-order valence-electron chi connectivity index (χ3n) is 4.36. The van der Waals surface area contributed by atoms with Crippen LogP contribution < -0.4 is 10.2 Å². The van der Waals surface area contributed by atoms with Gasteiger partial charge < -0.3 is 14.6 Å². The van der Waals surface area contributed by atoms with E-state index in [4.69, 9.17) is 4.42 Å². The lowest BCUT2D eigenvalue weighted by atomic mass is 9.84. The Balaban J connectivity index is 1.87. The molecule has 0 aromatic carbocycles. The summed E-state index contributed by atoms with van der Waals surface area (Å²) in [5.41, 5.74) is 0. The minimum absolute atomic E-state index is 0.424. The van der Waals surface area contributed by atoms with Gasteiger partial charge in [-0.25, -0.2) is 0 Å². The Labute approximate surface area is 122 Å². The van der Waals surface area contributed by atoms with Crippen LogP contribution in [0.1, 0.15) is 58.8 Å². The summed E-state index contributed by atoms with van der Waals surface area (Å²) in [4.78, 5) is 2.16. The fourth-order valence-corrected chi connectivity index (χ4v) is 2.85. The topological polar surface area (TPSA) is 54.2 Å². The van der Waals surface area contributed by atoms with E-state index in [1.807, 2.05) is 0 Å².